The van der Waals surface area contributed by atoms with Gasteiger partial charge in [0.25, 0.3) is 0 Å². The van der Waals surface area contributed by atoms with E-state index in [1.807, 2.05) is 0 Å². The van der Waals surface area contributed by atoms with Crippen LogP contribution < -0.4 is 5.73 Å². The fourth-order valence-corrected chi connectivity index (χ4v) is 0.772. The van der Waals surface area contributed by atoms with Crippen LogP contribution in [0.2, 0.25) is 0 Å². The van der Waals surface area contributed by atoms with Gasteiger partial charge in [0.2, 0.25) is 0 Å². The minimum Gasteiger partial charge on any atom is -0.328 e. The highest BCUT2D eigenvalue weighted by Gasteiger charge is 2.00. The van der Waals surface area contributed by atoms with E-state index < -0.39 is 0 Å². The van der Waals surface area contributed by atoms with Gasteiger partial charge < -0.3 is 5.73 Å². The van der Waals surface area contributed by atoms with Crippen molar-refractivity contribution in [2.45, 2.75) is 39.7 Å². The average molecular weight is 115 g/mol. The van der Waals surface area contributed by atoms with Gasteiger partial charge in [0.1, 0.15) is 0 Å². The standard InChI is InChI=1S/C7H17N/c1-4-7(8)5-6(2)3/h6-7H,4-5,8H2,1-3H3. The van der Waals surface area contributed by atoms with Crippen LogP contribution in [0.5, 0.6) is 0 Å². The first-order valence-corrected chi connectivity index (χ1v) is 3.42. The number of nitrogens with two attached hydrogens (primary N) is 1. The predicted molar refractivity (Wildman–Crippen MR) is 37.7 cm³/mol. The zero-order valence-electron chi connectivity index (χ0n) is 6.15. The van der Waals surface area contributed by atoms with Crippen molar-refractivity contribution in [3.05, 3.63) is 0 Å². The summed E-state index contributed by atoms with van der Waals surface area (Å²) in [5.41, 5.74) is 5.67. The second-order valence-electron chi connectivity index (χ2n) is 2.80. The van der Waals surface area contributed by atoms with Crippen molar-refractivity contribution in [3.8, 4) is 0 Å². The fraction of sp³-hybridized carbons (Fsp3) is 1.00. The summed E-state index contributed by atoms with van der Waals surface area (Å²) in [6, 6.07) is 0.426. The van der Waals surface area contributed by atoms with Crippen LogP contribution in [-0.2, 0) is 0 Å². The maximum atomic E-state index is 5.67. The van der Waals surface area contributed by atoms with E-state index in [4.69, 9.17) is 5.73 Å². The minimum absolute atomic E-state index is 0.426. The van der Waals surface area contributed by atoms with Crippen molar-refractivity contribution in [2.75, 3.05) is 0 Å². The van der Waals surface area contributed by atoms with Crippen molar-refractivity contribution in [1.82, 2.24) is 0 Å². The number of hydrogen-bond acceptors (Lipinski definition) is 1. The molecule has 0 heterocycles. The molecule has 8 heavy (non-hydrogen) atoms. The van der Waals surface area contributed by atoms with Gasteiger partial charge >= 0.3 is 0 Å². The molecule has 0 saturated carbocycles. The Balaban J connectivity index is 3.10. The maximum Gasteiger partial charge on any atom is 0.00386 e. The van der Waals surface area contributed by atoms with E-state index in [1.165, 1.54) is 0 Å². The Morgan fingerprint density at radius 3 is 2.00 bits per heavy atom. The molecule has 1 atom stereocenters. The summed E-state index contributed by atoms with van der Waals surface area (Å²) in [5.74, 6) is 0.755. The topological polar surface area (TPSA) is 26.0 Å². The molecule has 50 valence electrons. The summed E-state index contributed by atoms with van der Waals surface area (Å²) in [6.07, 6.45) is 2.27. The molecule has 0 fully saturated rings. The maximum absolute atomic E-state index is 5.67. The van der Waals surface area contributed by atoms with E-state index in [0.29, 0.717) is 6.04 Å². The molecule has 1 unspecified atom stereocenters. The summed E-state index contributed by atoms with van der Waals surface area (Å²) < 4.78 is 0. The summed E-state index contributed by atoms with van der Waals surface area (Å²) in [6.45, 7) is 6.54. The quantitative estimate of drug-likeness (QED) is 0.596. The van der Waals surface area contributed by atoms with Gasteiger partial charge in [0.15, 0.2) is 0 Å². The van der Waals surface area contributed by atoms with Crippen LogP contribution in [0, 0.1) is 5.92 Å². The largest absolute Gasteiger partial charge is 0.328 e. The second kappa shape index (κ2) is 3.90. The molecule has 0 spiro atoms. The fourth-order valence-electron chi connectivity index (χ4n) is 0.772. The Labute approximate surface area is 52.3 Å². The van der Waals surface area contributed by atoms with Crippen LogP contribution in [-0.4, -0.2) is 6.04 Å². The first-order valence-electron chi connectivity index (χ1n) is 3.42. The van der Waals surface area contributed by atoms with Gasteiger partial charge in [-0.1, -0.05) is 20.8 Å². The Hall–Kier alpha value is -0.0400. The lowest BCUT2D eigenvalue weighted by molar-refractivity contribution is 0.486. The Morgan fingerprint density at radius 1 is 1.38 bits per heavy atom. The molecule has 1 heteroatoms. The van der Waals surface area contributed by atoms with Gasteiger partial charge in [-0.05, 0) is 18.8 Å². The molecule has 2 N–H and O–H groups in total. The monoisotopic (exact) mass is 115 g/mol. The molecular weight excluding hydrogens is 98.1 g/mol. The molecule has 0 aliphatic rings. The van der Waals surface area contributed by atoms with Gasteiger partial charge in [0, 0.05) is 6.04 Å². The molecule has 0 saturated heterocycles. The van der Waals surface area contributed by atoms with E-state index in [-0.39, 0.29) is 0 Å². The van der Waals surface area contributed by atoms with E-state index in [0.717, 1.165) is 18.8 Å². The zero-order chi connectivity index (χ0) is 6.57. The Morgan fingerprint density at radius 2 is 1.88 bits per heavy atom. The molecule has 0 bridgehead atoms. The lowest BCUT2D eigenvalue weighted by atomic mass is 10.0. The molecule has 0 aromatic carbocycles. The first kappa shape index (κ1) is 7.96. The first-order chi connectivity index (χ1) is 3.66. The van der Waals surface area contributed by atoms with Crippen molar-refractivity contribution in [3.63, 3.8) is 0 Å². The SMILES string of the molecule is CCC(N)CC(C)C. The molecule has 0 aromatic heterocycles. The molecule has 0 radical (unpaired) electrons. The second-order valence-corrected chi connectivity index (χ2v) is 2.80. The van der Waals surface area contributed by atoms with Crippen molar-refractivity contribution >= 4 is 0 Å². The smallest absolute Gasteiger partial charge is 0.00386 e. The Kier molecular flexibility index (Phi) is 3.88. The van der Waals surface area contributed by atoms with E-state index in [1.54, 1.807) is 0 Å². The van der Waals surface area contributed by atoms with E-state index in [9.17, 15) is 0 Å². The molecule has 0 amide bonds. The van der Waals surface area contributed by atoms with Crippen LogP contribution in [0.1, 0.15) is 33.6 Å². The van der Waals surface area contributed by atoms with Gasteiger partial charge in [-0.25, -0.2) is 0 Å². The van der Waals surface area contributed by atoms with Gasteiger partial charge in [-0.2, -0.15) is 0 Å². The molecule has 0 aliphatic heterocycles. The van der Waals surface area contributed by atoms with Crippen LogP contribution in [0.25, 0.3) is 0 Å². The minimum atomic E-state index is 0.426. The molecule has 0 rings (SSSR count). The van der Waals surface area contributed by atoms with Crippen molar-refractivity contribution < 1.29 is 0 Å². The van der Waals surface area contributed by atoms with Gasteiger partial charge in [-0.3, -0.25) is 0 Å². The lowest BCUT2D eigenvalue weighted by Crippen LogP contribution is -2.20. The summed E-state index contributed by atoms with van der Waals surface area (Å²) in [5, 5.41) is 0. The normalized spacial score (nSPS) is 14.6. The lowest BCUT2D eigenvalue weighted by Gasteiger charge is -2.09. The third kappa shape index (κ3) is 4.13. The zero-order valence-corrected chi connectivity index (χ0v) is 6.15. The highest BCUT2D eigenvalue weighted by molar-refractivity contribution is 4.59. The van der Waals surface area contributed by atoms with Gasteiger partial charge in [0.05, 0.1) is 0 Å². The average Bonchev–Trinajstić information content (AvgIpc) is 1.65. The van der Waals surface area contributed by atoms with E-state index >= 15 is 0 Å². The third-order valence-corrected chi connectivity index (χ3v) is 1.30. The number of hydrogen-bond donors (Lipinski definition) is 1. The Bertz CT molecular complexity index is 50.3. The van der Waals surface area contributed by atoms with Crippen molar-refractivity contribution in [2.24, 2.45) is 11.7 Å². The summed E-state index contributed by atoms with van der Waals surface area (Å²) in [4.78, 5) is 0. The van der Waals surface area contributed by atoms with Crippen LogP contribution in [0.4, 0.5) is 0 Å². The summed E-state index contributed by atoms with van der Waals surface area (Å²) >= 11 is 0. The van der Waals surface area contributed by atoms with Gasteiger partial charge in [-0.15, -0.1) is 0 Å². The molecule has 1 nitrogen and oxygen atoms in total. The van der Waals surface area contributed by atoms with Crippen LogP contribution in [0.3, 0.4) is 0 Å². The third-order valence-electron chi connectivity index (χ3n) is 1.30. The molecule has 0 aliphatic carbocycles. The molecular formula is C7H17N. The summed E-state index contributed by atoms with van der Waals surface area (Å²) in [7, 11) is 0. The highest BCUT2D eigenvalue weighted by Crippen LogP contribution is 2.03. The molecule has 0 aromatic rings. The van der Waals surface area contributed by atoms with Crippen LogP contribution in [0.15, 0.2) is 0 Å². The highest BCUT2D eigenvalue weighted by atomic mass is 14.6. The number of rotatable bonds is 3. The van der Waals surface area contributed by atoms with Crippen LogP contribution >= 0.6 is 0 Å². The van der Waals surface area contributed by atoms with Crippen molar-refractivity contribution in [1.29, 1.82) is 0 Å². The van der Waals surface area contributed by atoms with E-state index in [2.05, 4.69) is 20.8 Å². The predicted octanol–water partition coefficient (Wildman–Crippen LogP) is 1.77.